The highest BCUT2D eigenvalue weighted by molar-refractivity contribution is 5.82. The highest BCUT2D eigenvalue weighted by Gasteiger charge is 1.95. The van der Waals surface area contributed by atoms with Crippen LogP contribution in [0.4, 0.5) is 5.69 Å². The third-order valence-electron chi connectivity index (χ3n) is 4.29. The van der Waals surface area contributed by atoms with Gasteiger partial charge in [0, 0.05) is 6.21 Å². The van der Waals surface area contributed by atoms with Crippen molar-refractivity contribution in [2.75, 3.05) is 0 Å². The largest absolute Gasteiger partial charge is 0.256 e. The van der Waals surface area contributed by atoms with Crippen LogP contribution in [0.1, 0.15) is 62.1 Å². The Morgan fingerprint density at radius 2 is 1.42 bits per heavy atom. The number of benzene rings is 2. The van der Waals surface area contributed by atoms with Gasteiger partial charge in [-0.3, -0.25) is 4.99 Å². The molecular formula is C23H29N. The molecule has 2 rings (SSSR count). The Balaban J connectivity index is 1.78. The van der Waals surface area contributed by atoms with E-state index < -0.39 is 0 Å². The van der Waals surface area contributed by atoms with Crippen molar-refractivity contribution in [3.63, 3.8) is 0 Å². The molecule has 126 valence electrons. The van der Waals surface area contributed by atoms with E-state index >= 15 is 0 Å². The molecule has 0 amide bonds. The average molecular weight is 319 g/mol. The molecule has 0 N–H and O–H groups in total. The molecule has 0 aliphatic heterocycles. The first-order chi connectivity index (χ1) is 11.8. The zero-order valence-electron chi connectivity index (χ0n) is 14.9. The molecular weight excluding hydrogens is 290 g/mol. The Labute approximate surface area is 147 Å². The fraction of sp³-hybridized carbons (Fsp3) is 0.348. The summed E-state index contributed by atoms with van der Waals surface area (Å²) in [7, 11) is 0. The van der Waals surface area contributed by atoms with E-state index in [4.69, 9.17) is 0 Å². The summed E-state index contributed by atoms with van der Waals surface area (Å²) in [5.74, 6) is 0. The predicted octanol–water partition coefficient (Wildman–Crippen LogP) is 6.98. The normalized spacial score (nSPS) is 11.0. The summed E-state index contributed by atoms with van der Waals surface area (Å²) < 4.78 is 0. The Morgan fingerprint density at radius 1 is 0.792 bits per heavy atom. The first kappa shape index (κ1) is 18.2. The van der Waals surface area contributed by atoms with Gasteiger partial charge < -0.3 is 0 Å². The van der Waals surface area contributed by atoms with Gasteiger partial charge in [0.05, 0.1) is 5.69 Å². The van der Waals surface area contributed by atoms with Crippen molar-refractivity contribution in [2.24, 2.45) is 4.99 Å². The van der Waals surface area contributed by atoms with Crippen LogP contribution in [0.5, 0.6) is 0 Å². The third-order valence-corrected chi connectivity index (χ3v) is 4.29. The van der Waals surface area contributed by atoms with E-state index in [1.54, 1.807) is 0 Å². The SMILES string of the molecule is C=Cc1ccc(/N=C/c2ccc(CCCCCCCC)cc2)cc1. The van der Waals surface area contributed by atoms with E-state index in [0.29, 0.717) is 0 Å². The second-order valence-electron chi connectivity index (χ2n) is 6.31. The van der Waals surface area contributed by atoms with E-state index in [2.05, 4.69) is 42.8 Å². The molecule has 2 aromatic carbocycles. The van der Waals surface area contributed by atoms with Crippen LogP contribution in [0.3, 0.4) is 0 Å². The molecule has 0 aliphatic carbocycles. The van der Waals surface area contributed by atoms with Crippen molar-refractivity contribution in [1.82, 2.24) is 0 Å². The number of rotatable bonds is 10. The number of unbranched alkanes of at least 4 members (excludes halogenated alkanes) is 5. The van der Waals surface area contributed by atoms with E-state index in [9.17, 15) is 0 Å². The standard InChI is InChI=1S/C23H29N/c1-3-5-6-7-8-9-10-21-11-13-22(14-12-21)19-24-23-17-15-20(4-2)16-18-23/h4,11-19H,2-3,5-10H2,1H3/b24-19+. The molecule has 0 bridgehead atoms. The smallest absolute Gasteiger partial charge is 0.0630 e. The molecule has 0 heterocycles. The number of hydrogen-bond acceptors (Lipinski definition) is 1. The summed E-state index contributed by atoms with van der Waals surface area (Å²) in [6, 6.07) is 16.9. The van der Waals surface area contributed by atoms with Crippen LogP contribution in [0.15, 0.2) is 60.1 Å². The molecule has 0 saturated carbocycles. The van der Waals surface area contributed by atoms with Crippen LogP contribution < -0.4 is 0 Å². The average Bonchev–Trinajstić information content (AvgIpc) is 2.64. The fourth-order valence-electron chi connectivity index (χ4n) is 2.73. The summed E-state index contributed by atoms with van der Waals surface area (Å²) in [5.41, 5.74) is 4.66. The summed E-state index contributed by atoms with van der Waals surface area (Å²) in [6.45, 7) is 6.03. The maximum Gasteiger partial charge on any atom is 0.0630 e. The lowest BCUT2D eigenvalue weighted by atomic mass is 10.0. The second kappa shape index (κ2) is 10.6. The van der Waals surface area contributed by atoms with Gasteiger partial charge in [-0.1, -0.05) is 88.1 Å². The molecule has 0 saturated heterocycles. The van der Waals surface area contributed by atoms with Crippen LogP contribution in [0.25, 0.3) is 6.08 Å². The number of aryl methyl sites for hydroxylation is 1. The highest BCUT2D eigenvalue weighted by Crippen LogP contribution is 2.14. The van der Waals surface area contributed by atoms with Crippen molar-refractivity contribution in [2.45, 2.75) is 51.9 Å². The minimum absolute atomic E-state index is 0.969. The summed E-state index contributed by atoms with van der Waals surface area (Å²) in [5, 5.41) is 0. The molecule has 0 spiro atoms. The van der Waals surface area contributed by atoms with Crippen molar-refractivity contribution in [3.8, 4) is 0 Å². The van der Waals surface area contributed by atoms with Gasteiger partial charge in [-0.2, -0.15) is 0 Å². The lowest BCUT2D eigenvalue weighted by Crippen LogP contribution is -1.88. The molecule has 24 heavy (non-hydrogen) atoms. The number of aliphatic imine (C=N–C) groups is 1. The van der Waals surface area contributed by atoms with E-state index in [1.807, 2.05) is 36.6 Å². The minimum atomic E-state index is 0.969. The van der Waals surface area contributed by atoms with Crippen LogP contribution >= 0.6 is 0 Å². The monoisotopic (exact) mass is 319 g/mol. The van der Waals surface area contributed by atoms with Gasteiger partial charge in [0.15, 0.2) is 0 Å². The van der Waals surface area contributed by atoms with E-state index in [1.165, 1.54) is 50.5 Å². The van der Waals surface area contributed by atoms with Crippen molar-refractivity contribution in [3.05, 3.63) is 71.8 Å². The third kappa shape index (κ3) is 6.54. The molecule has 0 radical (unpaired) electrons. The molecule has 1 heteroatoms. The lowest BCUT2D eigenvalue weighted by molar-refractivity contribution is 0.607. The number of hydrogen-bond donors (Lipinski definition) is 0. The quantitative estimate of drug-likeness (QED) is 0.331. The molecule has 0 aromatic heterocycles. The summed E-state index contributed by atoms with van der Waals surface area (Å²) in [6.07, 6.45) is 13.1. The Bertz CT molecular complexity index is 620. The van der Waals surface area contributed by atoms with Gasteiger partial charge in [-0.25, -0.2) is 0 Å². The zero-order valence-corrected chi connectivity index (χ0v) is 14.9. The Morgan fingerprint density at radius 3 is 2.08 bits per heavy atom. The van der Waals surface area contributed by atoms with Crippen LogP contribution in [-0.4, -0.2) is 6.21 Å². The van der Waals surface area contributed by atoms with Crippen LogP contribution in [0, 0.1) is 0 Å². The molecule has 0 unspecified atom stereocenters. The maximum absolute atomic E-state index is 4.53. The summed E-state index contributed by atoms with van der Waals surface area (Å²) in [4.78, 5) is 4.53. The first-order valence-corrected chi connectivity index (χ1v) is 9.17. The second-order valence-corrected chi connectivity index (χ2v) is 6.31. The van der Waals surface area contributed by atoms with Gasteiger partial charge in [0.2, 0.25) is 0 Å². The van der Waals surface area contributed by atoms with Crippen molar-refractivity contribution < 1.29 is 0 Å². The molecule has 2 aromatic rings. The molecule has 0 fully saturated rings. The van der Waals surface area contributed by atoms with Gasteiger partial charge in [0.25, 0.3) is 0 Å². The Kier molecular flexibility index (Phi) is 8.03. The first-order valence-electron chi connectivity index (χ1n) is 9.17. The van der Waals surface area contributed by atoms with Gasteiger partial charge >= 0.3 is 0 Å². The predicted molar refractivity (Wildman–Crippen MR) is 107 cm³/mol. The highest BCUT2D eigenvalue weighted by atomic mass is 14.7. The Hall–Kier alpha value is -2.15. The van der Waals surface area contributed by atoms with Crippen molar-refractivity contribution in [1.29, 1.82) is 0 Å². The molecule has 1 nitrogen and oxygen atoms in total. The fourth-order valence-corrected chi connectivity index (χ4v) is 2.73. The molecule has 0 atom stereocenters. The summed E-state index contributed by atoms with van der Waals surface area (Å²) >= 11 is 0. The maximum atomic E-state index is 4.53. The van der Waals surface area contributed by atoms with Crippen LogP contribution in [0.2, 0.25) is 0 Å². The van der Waals surface area contributed by atoms with Gasteiger partial charge in [-0.05, 0) is 41.7 Å². The lowest BCUT2D eigenvalue weighted by Gasteiger charge is -2.03. The topological polar surface area (TPSA) is 12.4 Å². The minimum Gasteiger partial charge on any atom is -0.256 e. The van der Waals surface area contributed by atoms with Gasteiger partial charge in [-0.15, -0.1) is 0 Å². The van der Waals surface area contributed by atoms with E-state index in [0.717, 1.165) is 16.8 Å². The van der Waals surface area contributed by atoms with Gasteiger partial charge in [0.1, 0.15) is 0 Å². The zero-order chi connectivity index (χ0) is 17.0. The molecule has 0 aliphatic rings. The van der Waals surface area contributed by atoms with E-state index in [-0.39, 0.29) is 0 Å². The van der Waals surface area contributed by atoms with Crippen molar-refractivity contribution >= 4 is 18.0 Å². The van der Waals surface area contributed by atoms with Crippen LogP contribution in [-0.2, 0) is 6.42 Å². The number of nitrogens with zero attached hydrogens (tertiary/aromatic N) is 1.